The lowest BCUT2D eigenvalue weighted by molar-refractivity contribution is -0.116. The second kappa shape index (κ2) is 6.60. The van der Waals surface area contributed by atoms with E-state index in [0.717, 1.165) is 24.1 Å². The Hall–Kier alpha value is -2.04. The van der Waals surface area contributed by atoms with Crippen molar-refractivity contribution in [3.63, 3.8) is 0 Å². The van der Waals surface area contributed by atoms with Crippen LogP contribution in [0.5, 0.6) is 0 Å². The number of aryl methyl sites for hydroxylation is 1. The molecule has 1 aliphatic heterocycles. The molecular formula is C17H14Cl2N2O2. The molecular weight excluding hydrogens is 335 g/mol. The molecule has 23 heavy (non-hydrogen) atoms. The molecule has 0 atom stereocenters. The minimum absolute atomic E-state index is 0.0109. The first kappa shape index (κ1) is 15.8. The number of hydrogen-bond donors (Lipinski definition) is 2. The summed E-state index contributed by atoms with van der Waals surface area (Å²) in [6.45, 7) is 0. The van der Waals surface area contributed by atoms with Crippen LogP contribution in [0.4, 0.5) is 11.4 Å². The normalized spacial score (nSPS) is 13.7. The molecule has 2 aromatic rings. The lowest BCUT2D eigenvalue weighted by Crippen LogP contribution is -2.13. The van der Waals surface area contributed by atoms with Crippen molar-refractivity contribution in [1.29, 1.82) is 0 Å². The van der Waals surface area contributed by atoms with E-state index in [2.05, 4.69) is 10.6 Å². The minimum atomic E-state index is -0.234. The van der Waals surface area contributed by atoms with Gasteiger partial charge in [-0.05, 0) is 54.8 Å². The molecule has 0 aliphatic carbocycles. The molecule has 3 rings (SSSR count). The summed E-state index contributed by atoms with van der Waals surface area (Å²) in [7, 11) is 0. The highest BCUT2D eigenvalue weighted by Crippen LogP contribution is 2.26. The Morgan fingerprint density at radius 2 is 1.87 bits per heavy atom. The maximum Gasteiger partial charge on any atom is 0.255 e. The largest absolute Gasteiger partial charge is 0.326 e. The maximum absolute atomic E-state index is 12.4. The number of anilines is 2. The molecule has 0 radical (unpaired) electrons. The number of rotatable bonds is 2. The Balaban J connectivity index is 1.81. The van der Waals surface area contributed by atoms with Crippen LogP contribution in [0.3, 0.4) is 0 Å². The molecule has 0 fully saturated rings. The predicted octanol–water partition coefficient (Wildman–Crippen LogP) is 4.52. The average molecular weight is 349 g/mol. The van der Waals surface area contributed by atoms with Crippen LogP contribution < -0.4 is 10.6 Å². The van der Waals surface area contributed by atoms with Gasteiger partial charge in [0, 0.05) is 23.4 Å². The van der Waals surface area contributed by atoms with Crippen LogP contribution in [0, 0.1) is 0 Å². The predicted molar refractivity (Wildman–Crippen MR) is 92.4 cm³/mol. The second-order valence-electron chi connectivity index (χ2n) is 5.36. The number of amides is 2. The third kappa shape index (κ3) is 3.66. The monoisotopic (exact) mass is 348 g/mol. The standard InChI is InChI=1S/C17H14Cl2N2O2/c18-13-6-5-12(9-14(13)19)20-17(23)11-4-7-15-10(8-11)2-1-3-16(22)21-15/h4-9H,1-3H2,(H,20,23)(H,21,22). The van der Waals surface area contributed by atoms with E-state index in [-0.39, 0.29) is 11.8 Å². The van der Waals surface area contributed by atoms with Gasteiger partial charge in [0.05, 0.1) is 10.0 Å². The SMILES string of the molecule is O=C1CCCc2cc(C(=O)Nc3ccc(Cl)c(Cl)c3)ccc2N1. The topological polar surface area (TPSA) is 58.2 Å². The van der Waals surface area contributed by atoms with Crippen molar-refractivity contribution in [3.8, 4) is 0 Å². The maximum atomic E-state index is 12.4. The van der Waals surface area contributed by atoms with Crippen molar-refractivity contribution in [2.75, 3.05) is 10.6 Å². The fraction of sp³-hybridized carbons (Fsp3) is 0.176. The molecule has 0 saturated carbocycles. The molecule has 4 nitrogen and oxygen atoms in total. The van der Waals surface area contributed by atoms with E-state index in [9.17, 15) is 9.59 Å². The average Bonchev–Trinajstić information content (AvgIpc) is 2.70. The summed E-state index contributed by atoms with van der Waals surface area (Å²) in [5.41, 5.74) is 2.86. The smallest absolute Gasteiger partial charge is 0.255 e. The van der Waals surface area contributed by atoms with E-state index in [0.29, 0.717) is 27.7 Å². The molecule has 0 bridgehead atoms. The van der Waals surface area contributed by atoms with Crippen LogP contribution in [0.2, 0.25) is 10.0 Å². The minimum Gasteiger partial charge on any atom is -0.326 e. The van der Waals surface area contributed by atoms with Gasteiger partial charge in [-0.3, -0.25) is 9.59 Å². The van der Waals surface area contributed by atoms with Crippen LogP contribution in [0.1, 0.15) is 28.8 Å². The fourth-order valence-corrected chi connectivity index (χ4v) is 2.79. The summed E-state index contributed by atoms with van der Waals surface area (Å²) in [6, 6.07) is 10.2. The Morgan fingerprint density at radius 1 is 1.04 bits per heavy atom. The van der Waals surface area contributed by atoms with Crippen molar-refractivity contribution < 1.29 is 9.59 Å². The highest BCUT2D eigenvalue weighted by molar-refractivity contribution is 6.42. The number of benzene rings is 2. The van der Waals surface area contributed by atoms with Crippen LogP contribution in [-0.2, 0) is 11.2 Å². The van der Waals surface area contributed by atoms with E-state index in [1.54, 1.807) is 30.3 Å². The van der Waals surface area contributed by atoms with E-state index < -0.39 is 0 Å². The molecule has 2 amide bonds. The van der Waals surface area contributed by atoms with Crippen molar-refractivity contribution in [2.24, 2.45) is 0 Å². The van der Waals surface area contributed by atoms with E-state index >= 15 is 0 Å². The van der Waals surface area contributed by atoms with Crippen LogP contribution in [0.15, 0.2) is 36.4 Å². The molecule has 118 valence electrons. The highest BCUT2D eigenvalue weighted by atomic mass is 35.5. The summed E-state index contributed by atoms with van der Waals surface area (Å²) in [4.78, 5) is 23.9. The molecule has 2 N–H and O–H groups in total. The molecule has 0 spiro atoms. The van der Waals surface area contributed by atoms with Gasteiger partial charge in [0.25, 0.3) is 5.91 Å². The second-order valence-corrected chi connectivity index (χ2v) is 6.17. The number of carbonyl (C=O) groups is 2. The van der Waals surface area contributed by atoms with Crippen molar-refractivity contribution in [1.82, 2.24) is 0 Å². The third-order valence-corrected chi connectivity index (χ3v) is 4.41. The zero-order chi connectivity index (χ0) is 16.4. The lowest BCUT2D eigenvalue weighted by Gasteiger charge is -2.10. The van der Waals surface area contributed by atoms with Crippen LogP contribution >= 0.6 is 23.2 Å². The molecule has 0 aromatic heterocycles. The summed E-state index contributed by atoms with van der Waals surface area (Å²) in [5, 5.41) is 6.46. The van der Waals surface area contributed by atoms with Gasteiger partial charge in [0.2, 0.25) is 5.91 Å². The quantitative estimate of drug-likeness (QED) is 0.837. The Morgan fingerprint density at radius 3 is 2.65 bits per heavy atom. The third-order valence-electron chi connectivity index (χ3n) is 3.67. The van der Waals surface area contributed by atoms with E-state index in [4.69, 9.17) is 23.2 Å². The van der Waals surface area contributed by atoms with Crippen molar-refractivity contribution in [3.05, 3.63) is 57.6 Å². The fourth-order valence-electron chi connectivity index (χ4n) is 2.49. The van der Waals surface area contributed by atoms with Gasteiger partial charge < -0.3 is 10.6 Å². The highest BCUT2D eigenvalue weighted by Gasteiger charge is 2.15. The number of carbonyl (C=O) groups excluding carboxylic acids is 2. The van der Waals surface area contributed by atoms with Gasteiger partial charge >= 0.3 is 0 Å². The number of halogens is 2. The number of fused-ring (bicyclic) bond motifs is 1. The molecule has 6 heteroatoms. The number of nitrogens with one attached hydrogen (secondary N) is 2. The molecule has 1 heterocycles. The van der Waals surface area contributed by atoms with Gasteiger partial charge in [-0.15, -0.1) is 0 Å². The van der Waals surface area contributed by atoms with E-state index in [1.165, 1.54) is 0 Å². The molecule has 2 aromatic carbocycles. The zero-order valence-corrected chi connectivity index (χ0v) is 13.7. The first-order valence-electron chi connectivity index (χ1n) is 7.22. The summed E-state index contributed by atoms with van der Waals surface area (Å²) < 4.78 is 0. The number of hydrogen-bond acceptors (Lipinski definition) is 2. The molecule has 0 unspecified atom stereocenters. The van der Waals surface area contributed by atoms with Gasteiger partial charge in [-0.2, -0.15) is 0 Å². The Kier molecular flexibility index (Phi) is 4.55. The van der Waals surface area contributed by atoms with Crippen molar-refractivity contribution in [2.45, 2.75) is 19.3 Å². The van der Waals surface area contributed by atoms with Crippen LogP contribution in [-0.4, -0.2) is 11.8 Å². The summed E-state index contributed by atoms with van der Waals surface area (Å²) >= 11 is 11.8. The Labute approximate surface area is 143 Å². The van der Waals surface area contributed by atoms with Gasteiger partial charge in [0.15, 0.2) is 0 Å². The Bertz CT molecular complexity index is 790. The summed E-state index contributed by atoms with van der Waals surface area (Å²) in [6.07, 6.45) is 2.04. The molecule has 1 aliphatic rings. The van der Waals surface area contributed by atoms with Crippen LogP contribution in [0.25, 0.3) is 0 Å². The van der Waals surface area contributed by atoms with E-state index in [1.807, 2.05) is 6.07 Å². The van der Waals surface area contributed by atoms with Crippen molar-refractivity contribution >= 4 is 46.4 Å². The first-order valence-corrected chi connectivity index (χ1v) is 7.98. The first-order chi connectivity index (χ1) is 11.0. The lowest BCUT2D eigenvalue weighted by atomic mass is 10.0. The zero-order valence-electron chi connectivity index (χ0n) is 12.2. The molecule has 0 saturated heterocycles. The van der Waals surface area contributed by atoms with Gasteiger partial charge in [0.1, 0.15) is 0 Å². The summed E-state index contributed by atoms with van der Waals surface area (Å²) in [5.74, 6) is -0.224. The van der Waals surface area contributed by atoms with Gasteiger partial charge in [-0.1, -0.05) is 23.2 Å². The van der Waals surface area contributed by atoms with Gasteiger partial charge in [-0.25, -0.2) is 0 Å².